The number of aryl methyl sites for hydroxylation is 1. The smallest absolute Gasteiger partial charge is 0.337 e. The lowest BCUT2D eigenvalue weighted by Gasteiger charge is -2.18. The second-order valence-corrected chi connectivity index (χ2v) is 8.75. The summed E-state index contributed by atoms with van der Waals surface area (Å²) in [5, 5.41) is 3.56. The summed E-state index contributed by atoms with van der Waals surface area (Å²) in [7, 11) is 1.58. The number of rotatable bonds is 5. The van der Waals surface area contributed by atoms with Crippen LogP contribution in [0.3, 0.4) is 0 Å². The standard InChI is InChI=1S/C24H22N4O3S/c1-26-20(29)14-19(25-15-8-12-18(32-2)13-9-15)21-22(26)27(16-6-4-3-5-7-16)24(31)28(23(21)30)17-10-11-17/h3-9,12-14,17,25H,10-11H2,1-2H3. The maximum atomic E-state index is 13.6. The van der Waals surface area contributed by atoms with Crippen molar-refractivity contribution in [2.45, 2.75) is 23.8 Å². The van der Waals surface area contributed by atoms with Gasteiger partial charge in [-0.3, -0.25) is 18.7 Å². The van der Waals surface area contributed by atoms with Crippen LogP contribution in [-0.4, -0.2) is 20.0 Å². The molecule has 4 aromatic rings. The van der Waals surface area contributed by atoms with Crippen LogP contribution in [0.1, 0.15) is 18.9 Å². The van der Waals surface area contributed by atoms with Gasteiger partial charge in [0.25, 0.3) is 11.1 Å². The monoisotopic (exact) mass is 446 g/mol. The average Bonchev–Trinajstić information content (AvgIpc) is 3.63. The van der Waals surface area contributed by atoms with Gasteiger partial charge >= 0.3 is 5.69 Å². The van der Waals surface area contributed by atoms with Crippen molar-refractivity contribution in [3.05, 3.63) is 91.9 Å². The number of nitrogens with one attached hydrogen (secondary N) is 1. The molecule has 162 valence electrons. The summed E-state index contributed by atoms with van der Waals surface area (Å²) in [6.45, 7) is 0. The van der Waals surface area contributed by atoms with E-state index in [1.165, 1.54) is 19.8 Å². The van der Waals surface area contributed by atoms with Crippen LogP contribution in [0.25, 0.3) is 16.7 Å². The lowest BCUT2D eigenvalue weighted by atomic mass is 10.2. The van der Waals surface area contributed by atoms with E-state index in [1.807, 2.05) is 48.7 Å². The molecule has 32 heavy (non-hydrogen) atoms. The predicted octanol–water partition coefficient (Wildman–Crippen LogP) is 3.65. The fourth-order valence-electron chi connectivity index (χ4n) is 3.96. The molecular formula is C24H22N4O3S. The third kappa shape index (κ3) is 3.36. The molecule has 2 heterocycles. The molecule has 2 aromatic heterocycles. The third-order valence-corrected chi connectivity index (χ3v) is 6.49. The Labute approximate surface area is 187 Å². The van der Waals surface area contributed by atoms with Crippen LogP contribution in [0.4, 0.5) is 11.4 Å². The lowest BCUT2D eigenvalue weighted by Crippen LogP contribution is -2.41. The molecule has 1 aliphatic carbocycles. The number of fused-ring (bicyclic) bond motifs is 1. The molecule has 0 radical (unpaired) electrons. The second kappa shape index (κ2) is 7.87. The Morgan fingerprint density at radius 2 is 1.66 bits per heavy atom. The van der Waals surface area contributed by atoms with Gasteiger partial charge in [0, 0.05) is 29.7 Å². The highest BCUT2D eigenvalue weighted by Gasteiger charge is 2.30. The molecular weight excluding hydrogens is 424 g/mol. The fraction of sp³-hybridized carbons (Fsp3) is 0.208. The fourth-order valence-corrected chi connectivity index (χ4v) is 4.36. The topological polar surface area (TPSA) is 78.0 Å². The lowest BCUT2D eigenvalue weighted by molar-refractivity contribution is 0.637. The van der Waals surface area contributed by atoms with Gasteiger partial charge in [-0.15, -0.1) is 11.8 Å². The van der Waals surface area contributed by atoms with E-state index < -0.39 is 5.69 Å². The number of para-hydroxylation sites is 1. The van der Waals surface area contributed by atoms with Crippen LogP contribution < -0.4 is 22.1 Å². The van der Waals surface area contributed by atoms with Gasteiger partial charge in [0.1, 0.15) is 11.0 Å². The molecule has 0 aliphatic heterocycles. The quantitative estimate of drug-likeness (QED) is 0.474. The zero-order valence-electron chi connectivity index (χ0n) is 17.7. The largest absolute Gasteiger partial charge is 0.355 e. The molecule has 1 aliphatic rings. The van der Waals surface area contributed by atoms with Crippen LogP contribution in [0.5, 0.6) is 0 Å². The van der Waals surface area contributed by atoms with Crippen molar-refractivity contribution in [1.82, 2.24) is 13.7 Å². The van der Waals surface area contributed by atoms with E-state index >= 15 is 0 Å². The number of nitrogens with zero attached hydrogens (tertiary/aromatic N) is 3. The van der Waals surface area contributed by atoms with Crippen LogP contribution in [-0.2, 0) is 7.05 Å². The molecule has 0 bridgehead atoms. The van der Waals surface area contributed by atoms with Gasteiger partial charge in [-0.2, -0.15) is 0 Å². The van der Waals surface area contributed by atoms with Crippen LogP contribution in [0, 0.1) is 0 Å². The minimum absolute atomic E-state index is 0.111. The molecule has 8 heteroatoms. The molecule has 5 rings (SSSR count). The van der Waals surface area contributed by atoms with Gasteiger partial charge in [-0.25, -0.2) is 9.36 Å². The minimum atomic E-state index is -0.423. The summed E-state index contributed by atoms with van der Waals surface area (Å²) in [6.07, 6.45) is 3.58. The van der Waals surface area contributed by atoms with E-state index in [9.17, 15) is 14.4 Å². The first-order valence-electron chi connectivity index (χ1n) is 10.4. The number of thioether (sulfide) groups is 1. The number of benzene rings is 2. The number of hydrogen-bond donors (Lipinski definition) is 1. The second-order valence-electron chi connectivity index (χ2n) is 7.87. The molecule has 0 unspecified atom stereocenters. The first-order chi connectivity index (χ1) is 15.5. The SMILES string of the molecule is CSc1ccc(Nc2cc(=O)n(C)c3c2c(=O)n(C2CC2)c(=O)n3-c2ccccc2)cc1. The number of anilines is 2. The molecule has 0 amide bonds. The van der Waals surface area contributed by atoms with Crippen LogP contribution in [0.2, 0.25) is 0 Å². The van der Waals surface area contributed by atoms with E-state index in [0.717, 1.165) is 23.4 Å². The molecule has 0 saturated heterocycles. The Morgan fingerprint density at radius 1 is 0.969 bits per heavy atom. The van der Waals surface area contributed by atoms with Crippen molar-refractivity contribution in [3.63, 3.8) is 0 Å². The van der Waals surface area contributed by atoms with E-state index in [2.05, 4.69) is 5.32 Å². The summed E-state index contributed by atoms with van der Waals surface area (Å²) in [6, 6.07) is 18.2. The summed E-state index contributed by atoms with van der Waals surface area (Å²) in [5.41, 5.74) is 0.919. The zero-order valence-corrected chi connectivity index (χ0v) is 18.6. The van der Waals surface area contributed by atoms with E-state index in [-0.39, 0.29) is 22.8 Å². The first-order valence-corrected chi connectivity index (χ1v) is 11.6. The van der Waals surface area contributed by atoms with Crippen molar-refractivity contribution in [2.75, 3.05) is 11.6 Å². The van der Waals surface area contributed by atoms with Crippen molar-refractivity contribution < 1.29 is 0 Å². The molecule has 1 fully saturated rings. The Morgan fingerprint density at radius 3 is 2.28 bits per heavy atom. The van der Waals surface area contributed by atoms with Gasteiger partial charge in [-0.1, -0.05) is 18.2 Å². The Hall–Kier alpha value is -3.52. The van der Waals surface area contributed by atoms with E-state index in [4.69, 9.17) is 0 Å². The Bertz CT molecular complexity index is 1500. The normalized spacial score (nSPS) is 13.4. The Balaban J connectivity index is 1.86. The van der Waals surface area contributed by atoms with Crippen LogP contribution >= 0.6 is 11.8 Å². The minimum Gasteiger partial charge on any atom is -0.355 e. The maximum absolute atomic E-state index is 13.6. The average molecular weight is 447 g/mol. The molecule has 1 saturated carbocycles. The summed E-state index contributed by atoms with van der Waals surface area (Å²) in [5.74, 6) is 0. The van der Waals surface area contributed by atoms with E-state index in [0.29, 0.717) is 16.8 Å². The summed E-state index contributed by atoms with van der Waals surface area (Å²) in [4.78, 5) is 41.0. The molecule has 0 atom stereocenters. The highest BCUT2D eigenvalue weighted by atomic mass is 32.2. The highest BCUT2D eigenvalue weighted by Crippen LogP contribution is 2.33. The van der Waals surface area contributed by atoms with Crippen molar-refractivity contribution in [2.24, 2.45) is 7.05 Å². The number of aromatic nitrogens is 3. The molecule has 2 aromatic carbocycles. The third-order valence-electron chi connectivity index (χ3n) is 5.75. The highest BCUT2D eigenvalue weighted by molar-refractivity contribution is 7.98. The Kier molecular flexibility index (Phi) is 5.01. The predicted molar refractivity (Wildman–Crippen MR) is 129 cm³/mol. The summed E-state index contributed by atoms with van der Waals surface area (Å²) >= 11 is 1.63. The maximum Gasteiger partial charge on any atom is 0.337 e. The zero-order chi connectivity index (χ0) is 22.4. The molecule has 7 nitrogen and oxygen atoms in total. The first kappa shape index (κ1) is 20.4. The van der Waals surface area contributed by atoms with Gasteiger partial charge in [0.2, 0.25) is 0 Å². The summed E-state index contributed by atoms with van der Waals surface area (Å²) < 4.78 is 4.17. The van der Waals surface area contributed by atoms with Crippen molar-refractivity contribution in [1.29, 1.82) is 0 Å². The van der Waals surface area contributed by atoms with Gasteiger partial charge in [0.15, 0.2) is 0 Å². The molecule has 1 N–H and O–H groups in total. The van der Waals surface area contributed by atoms with Gasteiger partial charge in [0.05, 0.1) is 11.4 Å². The van der Waals surface area contributed by atoms with Gasteiger partial charge < -0.3 is 5.32 Å². The number of hydrogen-bond acceptors (Lipinski definition) is 5. The van der Waals surface area contributed by atoms with Crippen molar-refractivity contribution in [3.8, 4) is 5.69 Å². The van der Waals surface area contributed by atoms with Gasteiger partial charge in [-0.05, 0) is 55.5 Å². The van der Waals surface area contributed by atoms with E-state index in [1.54, 1.807) is 30.9 Å². The molecule has 0 spiro atoms. The number of pyridine rings is 1. The van der Waals surface area contributed by atoms with Crippen LogP contribution in [0.15, 0.2) is 79.9 Å². The van der Waals surface area contributed by atoms with Crippen molar-refractivity contribution >= 4 is 34.2 Å².